The Labute approximate surface area is 299 Å². The van der Waals surface area contributed by atoms with Gasteiger partial charge < -0.3 is 18.3 Å². The minimum absolute atomic E-state index is 0.854. The maximum atomic E-state index is 6.42. The smallest absolute Gasteiger partial charge is 0.137 e. The average Bonchev–Trinajstić information content (AvgIpc) is 3.88. The van der Waals surface area contributed by atoms with Crippen molar-refractivity contribution in [3.8, 4) is 16.8 Å². The summed E-state index contributed by atoms with van der Waals surface area (Å²) < 4.78 is 15.1. The molecule has 0 aliphatic carbocycles. The Morgan fingerprint density at radius 3 is 1.75 bits per heavy atom. The fraction of sp³-hybridized carbons (Fsp3) is 0. The number of rotatable bonds is 5. The summed E-state index contributed by atoms with van der Waals surface area (Å²) in [5, 5.41) is 6.72. The summed E-state index contributed by atoms with van der Waals surface area (Å²) >= 11 is 0. The highest BCUT2D eigenvalue weighted by Crippen LogP contribution is 2.46. The van der Waals surface area contributed by atoms with E-state index in [0.29, 0.717) is 0 Å². The molecular formula is C48H30N2O2. The molecular weight excluding hydrogens is 637 g/mol. The first-order valence-electron chi connectivity index (χ1n) is 17.6. The normalized spacial score (nSPS) is 11.8. The van der Waals surface area contributed by atoms with Crippen LogP contribution in [0.2, 0.25) is 0 Å². The van der Waals surface area contributed by atoms with Crippen molar-refractivity contribution in [2.45, 2.75) is 0 Å². The highest BCUT2D eigenvalue weighted by atomic mass is 16.3. The molecule has 0 aliphatic heterocycles. The lowest BCUT2D eigenvalue weighted by molar-refractivity contribution is 0.668. The minimum Gasteiger partial charge on any atom is -0.456 e. The highest BCUT2D eigenvalue weighted by molar-refractivity contribution is 6.16. The minimum atomic E-state index is 0.854. The fourth-order valence-electron chi connectivity index (χ4n) is 8.04. The van der Waals surface area contributed by atoms with Crippen LogP contribution in [-0.4, -0.2) is 4.57 Å². The van der Waals surface area contributed by atoms with Crippen molar-refractivity contribution < 1.29 is 8.83 Å². The van der Waals surface area contributed by atoms with Gasteiger partial charge in [0.25, 0.3) is 0 Å². The van der Waals surface area contributed by atoms with Crippen molar-refractivity contribution in [2.24, 2.45) is 0 Å². The van der Waals surface area contributed by atoms with Gasteiger partial charge in [-0.3, -0.25) is 0 Å². The molecule has 52 heavy (non-hydrogen) atoms. The molecule has 4 nitrogen and oxygen atoms in total. The van der Waals surface area contributed by atoms with Crippen LogP contribution in [0.15, 0.2) is 191 Å². The molecule has 3 aromatic heterocycles. The van der Waals surface area contributed by atoms with E-state index in [1.54, 1.807) is 0 Å². The summed E-state index contributed by atoms with van der Waals surface area (Å²) in [6.45, 7) is 0. The molecule has 0 radical (unpaired) electrons. The first-order valence-corrected chi connectivity index (χ1v) is 17.6. The second kappa shape index (κ2) is 11.2. The topological polar surface area (TPSA) is 34.5 Å². The molecule has 0 saturated heterocycles. The van der Waals surface area contributed by atoms with Crippen LogP contribution >= 0.6 is 0 Å². The second-order valence-electron chi connectivity index (χ2n) is 13.3. The van der Waals surface area contributed by atoms with Crippen LogP contribution in [0.25, 0.3) is 82.5 Å². The van der Waals surface area contributed by atoms with Gasteiger partial charge in [0.2, 0.25) is 0 Å². The Balaban J connectivity index is 1.22. The van der Waals surface area contributed by atoms with E-state index in [1.165, 1.54) is 27.4 Å². The quantitative estimate of drug-likeness (QED) is 0.183. The molecule has 4 heteroatoms. The third-order valence-electron chi connectivity index (χ3n) is 10.4. The van der Waals surface area contributed by atoms with E-state index in [1.807, 2.05) is 24.3 Å². The molecule has 0 saturated carbocycles. The van der Waals surface area contributed by atoms with Crippen LogP contribution in [0.1, 0.15) is 0 Å². The van der Waals surface area contributed by atoms with Gasteiger partial charge in [-0.15, -0.1) is 0 Å². The Morgan fingerprint density at radius 1 is 0.365 bits per heavy atom. The number of hydrogen-bond acceptors (Lipinski definition) is 3. The Hall–Kier alpha value is -7.04. The Bertz CT molecular complexity index is 3130. The van der Waals surface area contributed by atoms with Gasteiger partial charge in [-0.25, -0.2) is 0 Å². The summed E-state index contributed by atoms with van der Waals surface area (Å²) in [6.07, 6.45) is 0. The summed E-state index contributed by atoms with van der Waals surface area (Å²) in [4.78, 5) is 2.37. The summed E-state index contributed by atoms with van der Waals surface area (Å²) in [5.74, 6) is 0. The van der Waals surface area contributed by atoms with Crippen LogP contribution in [0.4, 0.5) is 17.1 Å². The van der Waals surface area contributed by atoms with Crippen LogP contribution in [0, 0.1) is 0 Å². The number of aromatic nitrogens is 1. The Kier molecular flexibility index (Phi) is 6.22. The van der Waals surface area contributed by atoms with E-state index in [4.69, 9.17) is 8.83 Å². The first-order chi connectivity index (χ1) is 25.8. The van der Waals surface area contributed by atoms with E-state index in [0.717, 1.165) is 72.1 Å². The van der Waals surface area contributed by atoms with Crippen molar-refractivity contribution in [2.75, 3.05) is 4.90 Å². The predicted molar refractivity (Wildman–Crippen MR) is 215 cm³/mol. The zero-order valence-electron chi connectivity index (χ0n) is 28.0. The van der Waals surface area contributed by atoms with Gasteiger partial charge >= 0.3 is 0 Å². The molecule has 0 spiro atoms. The van der Waals surface area contributed by atoms with Crippen LogP contribution in [-0.2, 0) is 0 Å². The van der Waals surface area contributed by atoms with E-state index in [-0.39, 0.29) is 0 Å². The first kappa shape index (κ1) is 28.8. The van der Waals surface area contributed by atoms with Crippen molar-refractivity contribution in [3.05, 3.63) is 182 Å². The van der Waals surface area contributed by atoms with Gasteiger partial charge in [0.15, 0.2) is 0 Å². The monoisotopic (exact) mass is 666 g/mol. The van der Waals surface area contributed by atoms with Crippen LogP contribution in [0.5, 0.6) is 0 Å². The molecule has 0 aliphatic rings. The van der Waals surface area contributed by atoms with E-state index >= 15 is 0 Å². The molecule has 11 aromatic rings. The fourth-order valence-corrected chi connectivity index (χ4v) is 8.04. The summed E-state index contributed by atoms with van der Waals surface area (Å²) in [5.41, 5.74) is 12.4. The van der Waals surface area contributed by atoms with Gasteiger partial charge in [-0.1, -0.05) is 97.1 Å². The molecule has 0 unspecified atom stereocenters. The zero-order chi connectivity index (χ0) is 34.2. The largest absolute Gasteiger partial charge is 0.456 e. The van der Waals surface area contributed by atoms with Gasteiger partial charge in [0, 0.05) is 44.0 Å². The number of hydrogen-bond donors (Lipinski definition) is 0. The predicted octanol–water partition coefficient (Wildman–Crippen LogP) is 13.7. The SMILES string of the molecule is c1ccc(-c2ccc3c(c2)c2cc(N(c4ccc5oc6ccccc6c5c4)c4cccc5oc6ccccc6c45)ccc2n3-c2ccccc2)cc1. The molecule has 0 N–H and O–H groups in total. The molecule has 0 bridgehead atoms. The number of anilines is 3. The van der Waals surface area contributed by atoms with Gasteiger partial charge in [-0.2, -0.15) is 0 Å². The maximum Gasteiger partial charge on any atom is 0.137 e. The van der Waals surface area contributed by atoms with E-state index in [9.17, 15) is 0 Å². The van der Waals surface area contributed by atoms with Crippen molar-refractivity contribution >= 4 is 82.7 Å². The lowest BCUT2D eigenvalue weighted by Crippen LogP contribution is -2.10. The standard InChI is InChI=1S/C48H30N2O2/c1-3-12-31(13-4-1)32-22-25-41-38(28-32)39-29-34(23-26-42(39)50(41)33-14-5-2-6-15-33)49(35-24-27-46-40(30-35)36-16-7-9-19-44(36)51-46)43-18-11-21-47-48(43)37-17-8-10-20-45(37)52-47/h1-30H. The van der Waals surface area contributed by atoms with Crippen LogP contribution in [0.3, 0.4) is 0 Å². The summed E-state index contributed by atoms with van der Waals surface area (Å²) in [6, 6.07) is 64.4. The van der Waals surface area contributed by atoms with Crippen molar-refractivity contribution in [1.29, 1.82) is 0 Å². The third-order valence-corrected chi connectivity index (χ3v) is 10.4. The zero-order valence-corrected chi connectivity index (χ0v) is 28.0. The van der Waals surface area contributed by atoms with Gasteiger partial charge in [-0.05, 0) is 96.1 Å². The maximum absolute atomic E-state index is 6.42. The molecule has 0 atom stereocenters. The van der Waals surface area contributed by atoms with E-state index in [2.05, 4.69) is 167 Å². The van der Waals surface area contributed by atoms with Crippen LogP contribution < -0.4 is 4.90 Å². The lowest BCUT2D eigenvalue weighted by atomic mass is 10.0. The van der Waals surface area contributed by atoms with Crippen molar-refractivity contribution in [3.63, 3.8) is 0 Å². The van der Waals surface area contributed by atoms with Gasteiger partial charge in [0.1, 0.15) is 22.3 Å². The molecule has 244 valence electrons. The Morgan fingerprint density at radius 2 is 0.942 bits per heavy atom. The van der Waals surface area contributed by atoms with Gasteiger partial charge in [0.05, 0.1) is 22.1 Å². The highest BCUT2D eigenvalue weighted by Gasteiger charge is 2.22. The lowest BCUT2D eigenvalue weighted by Gasteiger charge is -2.26. The van der Waals surface area contributed by atoms with Crippen molar-refractivity contribution in [1.82, 2.24) is 4.57 Å². The van der Waals surface area contributed by atoms with E-state index < -0.39 is 0 Å². The third kappa shape index (κ3) is 4.34. The number of fused-ring (bicyclic) bond motifs is 9. The molecule has 0 amide bonds. The number of nitrogens with zero attached hydrogens (tertiary/aromatic N) is 2. The number of benzene rings is 8. The number of para-hydroxylation sites is 3. The summed E-state index contributed by atoms with van der Waals surface area (Å²) in [7, 11) is 0. The second-order valence-corrected chi connectivity index (χ2v) is 13.3. The number of furan rings is 2. The molecule has 11 rings (SSSR count). The average molecular weight is 667 g/mol. The molecule has 0 fully saturated rings. The molecule has 8 aromatic carbocycles. The molecule has 3 heterocycles.